The van der Waals surface area contributed by atoms with Crippen LogP contribution in [0, 0.1) is 11.5 Å². The van der Waals surface area contributed by atoms with Crippen LogP contribution in [-0.2, 0) is 9.22 Å². The van der Waals surface area contributed by atoms with E-state index in [4.69, 9.17) is 4.43 Å². The second-order valence-electron chi connectivity index (χ2n) is 7.16. The number of carbonyl (C=O) groups excluding carboxylic acids is 1. The van der Waals surface area contributed by atoms with Crippen LogP contribution in [-0.4, -0.2) is 22.7 Å². The highest BCUT2D eigenvalue weighted by atomic mass is 28.4. The predicted molar refractivity (Wildman–Crippen MR) is 104 cm³/mol. The molecule has 1 atom stereocenters. The van der Waals surface area contributed by atoms with Gasteiger partial charge in [-0.3, -0.25) is 0 Å². The lowest BCUT2D eigenvalue weighted by atomic mass is 10.1. The highest BCUT2D eigenvalue weighted by molar-refractivity contribution is 6.82. The SMILES string of the molecule is CC[Si](C#CC[Si](C)(C)C)(CC)OC(CC=O)c1ccccc1. The third-order valence-corrected chi connectivity index (χ3v) is 8.82. The molecule has 0 spiro atoms. The summed E-state index contributed by atoms with van der Waals surface area (Å²) in [5.41, 5.74) is 4.61. The number of aldehydes is 1. The molecule has 0 N–H and O–H groups in total. The van der Waals surface area contributed by atoms with Crippen LogP contribution in [0.2, 0.25) is 37.8 Å². The van der Waals surface area contributed by atoms with Crippen molar-refractivity contribution in [2.24, 2.45) is 0 Å². The summed E-state index contributed by atoms with van der Waals surface area (Å²) in [6, 6.07) is 13.0. The van der Waals surface area contributed by atoms with Crippen molar-refractivity contribution < 1.29 is 9.22 Å². The molecule has 1 rings (SSSR count). The quantitative estimate of drug-likeness (QED) is 0.367. The van der Waals surface area contributed by atoms with E-state index in [1.165, 1.54) is 0 Å². The van der Waals surface area contributed by atoms with Gasteiger partial charge in [0.05, 0.1) is 14.2 Å². The molecule has 0 radical (unpaired) electrons. The Labute approximate surface area is 143 Å². The summed E-state index contributed by atoms with van der Waals surface area (Å²) >= 11 is 0. The fraction of sp³-hybridized carbons (Fsp3) is 0.526. The Morgan fingerprint density at radius 1 is 1.13 bits per heavy atom. The monoisotopic (exact) mass is 346 g/mol. The lowest BCUT2D eigenvalue weighted by Crippen LogP contribution is -2.37. The molecule has 1 aromatic rings. The summed E-state index contributed by atoms with van der Waals surface area (Å²) in [6.07, 6.45) is 1.19. The highest BCUT2D eigenvalue weighted by Crippen LogP contribution is 2.28. The first-order chi connectivity index (χ1) is 10.9. The van der Waals surface area contributed by atoms with Crippen molar-refractivity contribution in [3.05, 3.63) is 35.9 Å². The number of hydrogen-bond acceptors (Lipinski definition) is 2. The third-order valence-electron chi connectivity index (χ3n) is 3.93. The standard InChI is InChI=1S/C19H30O2Si2/c1-6-23(7-2,17-11-16-22(3,4)5)21-19(14-15-20)18-12-9-8-10-13-18/h8-10,12-13,15,19H,6-7,14,16H2,1-5H3. The van der Waals surface area contributed by atoms with Crippen LogP contribution in [0.25, 0.3) is 0 Å². The minimum atomic E-state index is -2.12. The van der Waals surface area contributed by atoms with Crippen molar-refractivity contribution in [2.45, 2.75) is 64.1 Å². The van der Waals surface area contributed by atoms with E-state index in [1.807, 2.05) is 30.3 Å². The number of benzene rings is 1. The van der Waals surface area contributed by atoms with Crippen LogP contribution >= 0.6 is 0 Å². The highest BCUT2D eigenvalue weighted by Gasteiger charge is 2.33. The molecule has 0 bridgehead atoms. The van der Waals surface area contributed by atoms with Crippen LogP contribution in [0.3, 0.4) is 0 Å². The van der Waals surface area contributed by atoms with Gasteiger partial charge < -0.3 is 9.22 Å². The summed E-state index contributed by atoms with van der Waals surface area (Å²) in [6.45, 7) is 11.3. The van der Waals surface area contributed by atoms with Crippen LogP contribution in [0.5, 0.6) is 0 Å². The van der Waals surface area contributed by atoms with Gasteiger partial charge in [0.2, 0.25) is 0 Å². The molecule has 126 valence electrons. The van der Waals surface area contributed by atoms with E-state index >= 15 is 0 Å². The molecule has 0 aliphatic rings. The molecule has 0 amide bonds. The zero-order valence-electron chi connectivity index (χ0n) is 15.2. The van der Waals surface area contributed by atoms with Crippen molar-refractivity contribution >= 4 is 22.7 Å². The van der Waals surface area contributed by atoms with Crippen molar-refractivity contribution in [2.75, 3.05) is 0 Å². The maximum Gasteiger partial charge on any atom is 0.272 e. The van der Waals surface area contributed by atoms with E-state index < -0.39 is 16.4 Å². The Morgan fingerprint density at radius 3 is 2.22 bits per heavy atom. The van der Waals surface area contributed by atoms with Crippen LogP contribution in [0.1, 0.15) is 31.9 Å². The van der Waals surface area contributed by atoms with Gasteiger partial charge in [-0.1, -0.05) is 69.4 Å². The average molecular weight is 347 g/mol. The van der Waals surface area contributed by atoms with E-state index in [2.05, 4.69) is 45.0 Å². The number of hydrogen-bond donors (Lipinski definition) is 0. The van der Waals surface area contributed by atoms with Gasteiger partial charge in [-0.2, -0.15) is 0 Å². The minimum Gasteiger partial charge on any atom is -0.398 e. The molecule has 0 saturated carbocycles. The first kappa shape index (κ1) is 19.9. The van der Waals surface area contributed by atoms with Gasteiger partial charge in [0, 0.05) is 12.5 Å². The molecule has 1 unspecified atom stereocenters. The van der Waals surface area contributed by atoms with Crippen LogP contribution in [0.15, 0.2) is 30.3 Å². The van der Waals surface area contributed by atoms with Crippen LogP contribution in [0.4, 0.5) is 0 Å². The maximum absolute atomic E-state index is 11.1. The lowest BCUT2D eigenvalue weighted by Gasteiger charge is -2.29. The average Bonchev–Trinajstić information content (AvgIpc) is 2.53. The molecular weight excluding hydrogens is 316 g/mol. The number of carbonyl (C=O) groups is 1. The smallest absolute Gasteiger partial charge is 0.272 e. The Balaban J connectivity index is 3.00. The molecule has 2 nitrogen and oxygen atoms in total. The Morgan fingerprint density at radius 2 is 1.74 bits per heavy atom. The van der Waals surface area contributed by atoms with Gasteiger partial charge in [0.15, 0.2) is 0 Å². The largest absolute Gasteiger partial charge is 0.398 e. The van der Waals surface area contributed by atoms with E-state index in [0.717, 1.165) is 30.0 Å². The van der Waals surface area contributed by atoms with Gasteiger partial charge in [0.25, 0.3) is 8.32 Å². The van der Waals surface area contributed by atoms with Gasteiger partial charge >= 0.3 is 0 Å². The molecule has 0 aliphatic heterocycles. The minimum absolute atomic E-state index is 0.165. The predicted octanol–water partition coefficient (Wildman–Crippen LogP) is 5.20. The summed E-state index contributed by atoms with van der Waals surface area (Å²) in [7, 11) is -3.29. The summed E-state index contributed by atoms with van der Waals surface area (Å²) in [4.78, 5) is 11.1. The number of rotatable bonds is 8. The van der Waals surface area contributed by atoms with Crippen molar-refractivity contribution in [1.29, 1.82) is 0 Å². The van der Waals surface area contributed by atoms with Crippen molar-refractivity contribution in [1.82, 2.24) is 0 Å². The second kappa shape index (κ2) is 9.22. The third kappa shape index (κ3) is 6.86. The lowest BCUT2D eigenvalue weighted by molar-refractivity contribution is -0.109. The van der Waals surface area contributed by atoms with Crippen molar-refractivity contribution in [3.63, 3.8) is 0 Å². The van der Waals surface area contributed by atoms with Crippen LogP contribution < -0.4 is 0 Å². The second-order valence-corrected chi connectivity index (χ2v) is 16.5. The fourth-order valence-electron chi connectivity index (χ4n) is 2.37. The first-order valence-electron chi connectivity index (χ1n) is 8.52. The molecule has 23 heavy (non-hydrogen) atoms. The Kier molecular flexibility index (Phi) is 7.97. The van der Waals surface area contributed by atoms with Gasteiger partial charge in [-0.15, -0.1) is 5.92 Å². The molecule has 0 heterocycles. The Bertz CT molecular complexity index is 534. The van der Waals surface area contributed by atoms with Gasteiger partial charge in [-0.05, 0) is 17.7 Å². The zero-order valence-corrected chi connectivity index (χ0v) is 17.2. The molecule has 4 heteroatoms. The van der Waals surface area contributed by atoms with E-state index in [0.29, 0.717) is 6.42 Å². The summed E-state index contributed by atoms with van der Waals surface area (Å²) in [5, 5.41) is 0. The van der Waals surface area contributed by atoms with E-state index in [1.54, 1.807) is 0 Å². The fourth-order valence-corrected chi connectivity index (χ4v) is 5.60. The molecule has 1 aromatic carbocycles. The summed E-state index contributed by atoms with van der Waals surface area (Å²) < 4.78 is 6.53. The normalized spacial score (nSPS) is 13.1. The van der Waals surface area contributed by atoms with Gasteiger partial charge in [0.1, 0.15) is 6.29 Å². The molecule has 0 aromatic heterocycles. The topological polar surface area (TPSA) is 26.3 Å². The van der Waals surface area contributed by atoms with E-state index in [-0.39, 0.29) is 6.10 Å². The molecule has 0 aliphatic carbocycles. The first-order valence-corrected chi connectivity index (χ1v) is 14.5. The van der Waals surface area contributed by atoms with Crippen molar-refractivity contribution in [3.8, 4) is 11.5 Å². The Hall–Kier alpha value is -1.16. The summed E-state index contributed by atoms with van der Waals surface area (Å²) in [5.74, 6) is 3.43. The van der Waals surface area contributed by atoms with Gasteiger partial charge in [-0.25, -0.2) is 0 Å². The molecule has 0 saturated heterocycles. The van der Waals surface area contributed by atoms with E-state index in [9.17, 15) is 4.79 Å². The molecule has 0 fully saturated rings. The maximum atomic E-state index is 11.1. The zero-order chi connectivity index (χ0) is 17.3. The molecular formula is C19H30O2Si2.